The molecule has 168 valence electrons. The number of hydrogen-bond donors (Lipinski definition) is 3. The number of benzene rings is 1. The lowest BCUT2D eigenvalue weighted by atomic mass is 9.96. The maximum Gasteiger partial charge on any atom is 0.326 e. The second-order valence-electron chi connectivity index (χ2n) is 8.44. The van der Waals surface area contributed by atoms with E-state index >= 15 is 0 Å². The maximum absolute atomic E-state index is 12.7. The first kappa shape index (κ1) is 21.8. The van der Waals surface area contributed by atoms with Gasteiger partial charge in [-0.15, -0.1) is 0 Å². The number of nitrogens with one attached hydrogen (secondary N) is 2. The molecule has 0 spiro atoms. The van der Waals surface area contributed by atoms with Crippen LogP contribution in [-0.2, 0) is 4.79 Å². The Kier molecular flexibility index (Phi) is 6.68. The average Bonchev–Trinajstić information content (AvgIpc) is 3.30. The van der Waals surface area contributed by atoms with Gasteiger partial charge in [-0.3, -0.25) is 9.78 Å². The molecule has 2 aromatic rings. The molecule has 0 radical (unpaired) electrons. The van der Waals surface area contributed by atoms with Crippen molar-refractivity contribution in [1.82, 2.24) is 15.2 Å². The van der Waals surface area contributed by atoms with E-state index < -0.39 is 12.0 Å². The molecule has 0 bridgehead atoms. The van der Waals surface area contributed by atoms with Crippen molar-refractivity contribution in [3.05, 3.63) is 48.3 Å². The monoisotopic (exact) mass is 436 g/mol. The molecule has 4 rings (SSSR count). The Morgan fingerprint density at radius 1 is 0.906 bits per heavy atom. The third-order valence-corrected chi connectivity index (χ3v) is 6.20. The molecular formula is C24H28N4O4. The Morgan fingerprint density at radius 3 is 2.28 bits per heavy atom. The van der Waals surface area contributed by atoms with Crippen LogP contribution in [0, 0.1) is 0 Å². The summed E-state index contributed by atoms with van der Waals surface area (Å²) in [5, 5.41) is 15.2. The van der Waals surface area contributed by atoms with E-state index in [2.05, 4.69) is 15.6 Å². The molecule has 1 aliphatic carbocycles. The maximum atomic E-state index is 12.7. The van der Waals surface area contributed by atoms with E-state index in [1.807, 2.05) is 24.3 Å². The SMILES string of the molecule is O=C(Nc1ccc(-c2ccc(C(=O)N3CCC[C@H]3C(=O)O)nc2)cc1)NC1CCCCC1. The summed E-state index contributed by atoms with van der Waals surface area (Å²) in [7, 11) is 0. The van der Waals surface area contributed by atoms with Crippen molar-refractivity contribution in [1.29, 1.82) is 0 Å². The topological polar surface area (TPSA) is 112 Å². The predicted octanol–water partition coefficient (Wildman–Crippen LogP) is 3.89. The number of carbonyl (C=O) groups is 3. The minimum Gasteiger partial charge on any atom is -0.480 e. The number of urea groups is 1. The quantitative estimate of drug-likeness (QED) is 0.658. The second-order valence-corrected chi connectivity index (χ2v) is 8.44. The largest absolute Gasteiger partial charge is 0.480 e. The molecule has 3 N–H and O–H groups in total. The van der Waals surface area contributed by atoms with Gasteiger partial charge >= 0.3 is 12.0 Å². The van der Waals surface area contributed by atoms with Crippen LogP contribution in [0.2, 0.25) is 0 Å². The summed E-state index contributed by atoms with van der Waals surface area (Å²) >= 11 is 0. The Balaban J connectivity index is 1.36. The minimum absolute atomic E-state index is 0.184. The highest BCUT2D eigenvalue weighted by Crippen LogP contribution is 2.23. The molecule has 0 unspecified atom stereocenters. The Bertz CT molecular complexity index is 968. The van der Waals surface area contributed by atoms with Crippen molar-refractivity contribution >= 4 is 23.6 Å². The fourth-order valence-electron chi connectivity index (χ4n) is 4.45. The molecular weight excluding hydrogens is 408 g/mol. The zero-order valence-electron chi connectivity index (χ0n) is 17.9. The van der Waals surface area contributed by atoms with Gasteiger partial charge in [0.05, 0.1) is 0 Å². The Labute approximate surface area is 187 Å². The average molecular weight is 437 g/mol. The number of anilines is 1. The number of carboxylic acid groups (broad SMARTS) is 1. The van der Waals surface area contributed by atoms with Crippen molar-refractivity contribution in [2.45, 2.75) is 57.0 Å². The van der Waals surface area contributed by atoms with E-state index in [0.29, 0.717) is 25.1 Å². The fourth-order valence-corrected chi connectivity index (χ4v) is 4.45. The summed E-state index contributed by atoms with van der Waals surface area (Å²) < 4.78 is 0. The third kappa shape index (κ3) is 5.07. The van der Waals surface area contributed by atoms with Crippen molar-refractivity contribution in [3.63, 3.8) is 0 Å². The van der Waals surface area contributed by atoms with Gasteiger partial charge in [0, 0.05) is 30.0 Å². The molecule has 1 aliphatic heterocycles. The van der Waals surface area contributed by atoms with Crippen LogP contribution in [0.3, 0.4) is 0 Å². The van der Waals surface area contributed by atoms with Gasteiger partial charge < -0.3 is 20.6 Å². The molecule has 2 fully saturated rings. The summed E-state index contributed by atoms with van der Waals surface area (Å²) in [6.07, 6.45) is 8.40. The van der Waals surface area contributed by atoms with E-state index in [4.69, 9.17) is 0 Å². The first-order valence-electron chi connectivity index (χ1n) is 11.2. The van der Waals surface area contributed by atoms with Gasteiger partial charge in [-0.25, -0.2) is 9.59 Å². The van der Waals surface area contributed by atoms with Crippen molar-refractivity contribution in [2.24, 2.45) is 0 Å². The number of rotatable bonds is 5. The summed E-state index contributed by atoms with van der Waals surface area (Å²) in [6, 6.07) is 10.1. The molecule has 8 heteroatoms. The van der Waals surface area contributed by atoms with E-state index in [1.165, 1.54) is 11.3 Å². The summed E-state index contributed by atoms with van der Waals surface area (Å²) in [6.45, 7) is 0.433. The normalized spacial score (nSPS) is 18.9. The summed E-state index contributed by atoms with van der Waals surface area (Å²) in [5.74, 6) is -1.33. The van der Waals surface area contributed by atoms with Gasteiger partial charge in [0.15, 0.2) is 0 Å². The van der Waals surface area contributed by atoms with Crippen LogP contribution in [0.15, 0.2) is 42.6 Å². The molecule has 2 heterocycles. The minimum atomic E-state index is -0.978. The molecule has 2 aliphatic rings. The van der Waals surface area contributed by atoms with Crippen molar-refractivity contribution in [3.8, 4) is 11.1 Å². The van der Waals surface area contributed by atoms with Gasteiger partial charge in [0.25, 0.3) is 5.91 Å². The van der Waals surface area contributed by atoms with Crippen molar-refractivity contribution < 1.29 is 19.5 Å². The molecule has 1 saturated carbocycles. The molecule has 8 nitrogen and oxygen atoms in total. The van der Waals surface area contributed by atoms with Gasteiger partial charge in [0.2, 0.25) is 0 Å². The van der Waals surface area contributed by atoms with Crippen molar-refractivity contribution in [2.75, 3.05) is 11.9 Å². The zero-order chi connectivity index (χ0) is 22.5. The lowest BCUT2D eigenvalue weighted by molar-refractivity contribution is -0.141. The third-order valence-electron chi connectivity index (χ3n) is 6.20. The molecule has 3 amide bonds. The van der Waals surface area contributed by atoms with E-state index in [-0.39, 0.29) is 23.7 Å². The van der Waals surface area contributed by atoms with E-state index in [9.17, 15) is 19.5 Å². The number of aliphatic carboxylic acids is 1. The Morgan fingerprint density at radius 2 is 1.62 bits per heavy atom. The highest BCUT2D eigenvalue weighted by molar-refractivity contribution is 5.95. The van der Waals surface area contributed by atoms with Crippen LogP contribution in [0.5, 0.6) is 0 Å². The molecule has 32 heavy (non-hydrogen) atoms. The first-order chi connectivity index (χ1) is 15.5. The summed E-state index contributed by atoms with van der Waals surface area (Å²) in [5.41, 5.74) is 2.67. The van der Waals surface area contributed by atoms with Crippen LogP contribution in [0.25, 0.3) is 11.1 Å². The fraction of sp³-hybridized carbons (Fsp3) is 0.417. The standard InChI is InChI=1S/C24H28N4O4/c29-22(28-14-4-7-21(28)23(30)31)20-13-10-17(15-25-20)16-8-11-19(12-9-16)27-24(32)26-18-5-2-1-3-6-18/h8-13,15,18,21H,1-7,14H2,(H,30,31)(H2,26,27,32)/t21-/m0/s1. The number of nitrogens with zero attached hydrogens (tertiary/aromatic N) is 2. The number of aromatic nitrogens is 1. The summed E-state index contributed by atoms with van der Waals surface area (Å²) in [4.78, 5) is 41.8. The lowest BCUT2D eigenvalue weighted by Crippen LogP contribution is -2.40. The highest BCUT2D eigenvalue weighted by atomic mass is 16.4. The van der Waals surface area contributed by atoms with Gasteiger partial charge in [-0.05, 0) is 49.4 Å². The van der Waals surface area contributed by atoms with Crippen LogP contribution in [0.1, 0.15) is 55.4 Å². The van der Waals surface area contributed by atoms with Gasteiger partial charge in [0.1, 0.15) is 11.7 Å². The van der Waals surface area contributed by atoms with E-state index in [0.717, 1.165) is 36.8 Å². The number of carbonyl (C=O) groups excluding carboxylic acids is 2. The number of hydrogen-bond acceptors (Lipinski definition) is 4. The molecule has 1 aromatic carbocycles. The number of amides is 3. The molecule has 1 atom stereocenters. The van der Waals surface area contributed by atoms with E-state index in [1.54, 1.807) is 18.3 Å². The number of pyridine rings is 1. The Hall–Kier alpha value is -3.42. The smallest absolute Gasteiger partial charge is 0.326 e. The number of likely N-dealkylation sites (tertiary alicyclic amines) is 1. The second kappa shape index (κ2) is 9.80. The van der Waals surface area contributed by atoms with Crippen LogP contribution >= 0.6 is 0 Å². The molecule has 1 saturated heterocycles. The number of carboxylic acids is 1. The first-order valence-corrected chi connectivity index (χ1v) is 11.2. The highest BCUT2D eigenvalue weighted by Gasteiger charge is 2.34. The van der Waals surface area contributed by atoms with Gasteiger partial charge in [-0.2, -0.15) is 0 Å². The predicted molar refractivity (Wildman–Crippen MR) is 120 cm³/mol. The van der Waals surface area contributed by atoms with Crippen LogP contribution in [0.4, 0.5) is 10.5 Å². The zero-order valence-corrected chi connectivity index (χ0v) is 17.9. The van der Waals surface area contributed by atoms with Gasteiger partial charge in [-0.1, -0.05) is 37.5 Å². The lowest BCUT2D eigenvalue weighted by Gasteiger charge is -2.22. The van der Waals surface area contributed by atoms with Crippen LogP contribution < -0.4 is 10.6 Å². The molecule has 1 aromatic heterocycles. The van der Waals surface area contributed by atoms with Crippen LogP contribution in [-0.4, -0.2) is 51.5 Å².